The summed E-state index contributed by atoms with van der Waals surface area (Å²) in [5.41, 5.74) is 2.58. The highest BCUT2D eigenvalue weighted by atomic mass is 32.2. The quantitative estimate of drug-likeness (QED) is 0.633. The summed E-state index contributed by atoms with van der Waals surface area (Å²) in [4.78, 5) is 11.4. The summed E-state index contributed by atoms with van der Waals surface area (Å²) in [6.45, 7) is 1.98. The molecule has 0 aliphatic rings. The van der Waals surface area contributed by atoms with Crippen molar-refractivity contribution in [1.82, 2.24) is 0 Å². The number of benzene rings is 3. The predicted molar refractivity (Wildman–Crippen MR) is 107 cm³/mol. The zero-order valence-corrected chi connectivity index (χ0v) is 16.0. The van der Waals surface area contributed by atoms with Crippen LogP contribution in [-0.2, 0) is 11.0 Å². The Bertz CT molecular complexity index is 1070. The van der Waals surface area contributed by atoms with Crippen LogP contribution in [0, 0.1) is 12.7 Å². The van der Waals surface area contributed by atoms with Gasteiger partial charge in [-0.3, -0.25) is 4.72 Å². The Balaban J connectivity index is 1.98. The van der Waals surface area contributed by atoms with Crippen molar-refractivity contribution in [2.24, 2.45) is 0 Å². The van der Waals surface area contributed by atoms with Gasteiger partial charge in [0.05, 0.1) is 18.4 Å². The number of rotatable bonds is 6. The van der Waals surface area contributed by atoms with Gasteiger partial charge in [0, 0.05) is 0 Å². The van der Waals surface area contributed by atoms with Crippen molar-refractivity contribution in [3.63, 3.8) is 0 Å². The van der Waals surface area contributed by atoms with Gasteiger partial charge in [-0.05, 0) is 48.4 Å². The number of anilines is 1. The molecule has 0 aliphatic heterocycles. The second kappa shape index (κ2) is 8.22. The van der Waals surface area contributed by atoms with E-state index in [9.17, 15) is 13.4 Å². The van der Waals surface area contributed by atoms with E-state index < -0.39 is 22.8 Å². The minimum Gasteiger partial charge on any atom is -0.495 e. The molecule has 0 aromatic heterocycles. The number of carboxylic acids is 1. The number of methoxy groups -OCH3 is 1. The van der Waals surface area contributed by atoms with Crippen LogP contribution in [0.3, 0.4) is 0 Å². The molecule has 0 heterocycles. The number of nitrogens with one attached hydrogen (secondary N) is 1. The Labute approximate surface area is 164 Å². The van der Waals surface area contributed by atoms with E-state index in [4.69, 9.17) is 9.84 Å². The minimum atomic E-state index is -1.87. The molecule has 0 saturated carbocycles. The van der Waals surface area contributed by atoms with E-state index in [1.807, 2.05) is 37.3 Å². The molecule has 144 valence electrons. The number of aromatic carboxylic acids is 1. The van der Waals surface area contributed by atoms with E-state index in [1.165, 1.54) is 7.11 Å². The van der Waals surface area contributed by atoms with E-state index in [0.29, 0.717) is 10.6 Å². The van der Waals surface area contributed by atoms with E-state index in [-0.39, 0.29) is 11.3 Å². The summed E-state index contributed by atoms with van der Waals surface area (Å²) in [7, 11) is -0.423. The molecule has 3 rings (SSSR count). The molecule has 0 aliphatic carbocycles. The van der Waals surface area contributed by atoms with Crippen LogP contribution in [0.4, 0.5) is 10.1 Å². The Kier molecular flexibility index (Phi) is 5.75. The molecule has 7 heteroatoms. The molecule has 0 bridgehead atoms. The van der Waals surface area contributed by atoms with Crippen LogP contribution in [0.15, 0.2) is 65.6 Å². The monoisotopic (exact) mass is 399 g/mol. The maximum absolute atomic E-state index is 14.1. The van der Waals surface area contributed by atoms with Gasteiger partial charge in [0.25, 0.3) is 0 Å². The molecule has 0 radical (unpaired) electrons. The van der Waals surface area contributed by atoms with Gasteiger partial charge in [0.2, 0.25) is 0 Å². The summed E-state index contributed by atoms with van der Waals surface area (Å²) in [5, 5.41) is 9.07. The number of ether oxygens (including phenoxy) is 1. The lowest BCUT2D eigenvalue weighted by Crippen LogP contribution is -2.09. The molecule has 0 spiro atoms. The van der Waals surface area contributed by atoms with Gasteiger partial charge in [-0.2, -0.15) is 0 Å². The van der Waals surface area contributed by atoms with Gasteiger partial charge < -0.3 is 9.84 Å². The molecule has 1 unspecified atom stereocenters. The van der Waals surface area contributed by atoms with Crippen molar-refractivity contribution >= 4 is 22.6 Å². The van der Waals surface area contributed by atoms with Crippen LogP contribution in [0.5, 0.6) is 5.75 Å². The third kappa shape index (κ3) is 4.20. The maximum Gasteiger partial charge on any atom is 0.335 e. The van der Waals surface area contributed by atoms with Crippen LogP contribution in [-0.4, -0.2) is 22.4 Å². The Morgan fingerprint density at radius 2 is 1.82 bits per heavy atom. The molecule has 5 nitrogen and oxygen atoms in total. The van der Waals surface area contributed by atoms with Gasteiger partial charge in [-0.25, -0.2) is 13.4 Å². The summed E-state index contributed by atoms with van der Waals surface area (Å²) < 4.78 is 34.8. The highest BCUT2D eigenvalue weighted by molar-refractivity contribution is 7.86. The van der Waals surface area contributed by atoms with Gasteiger partial charge in [-0.15, -0.1) is 0 Å². The third-order valence-electron chi connectivity index (χ3n) is 4.13. The Morgan fingerprint density at radius 3 is 2.50 bits per heavy atom. The van der Waals surface area contributed by atoms with Crippen LogP contribution in [0.2, 0.25) is 0 Å². The van der Waals surface area contributed by atoms with Crippen LogP contribution in [0.25, 0.3) is 11.1 Å². The Hall–Kier alpha value is -3.19. The molecular formula is C21H18FNO4S. The first-order chi connectivity index (χ1) is 13.4. The first-order valence-corrected chi connectivity index (χ1v) is 9.50. The van der Waals surface area contributed by atoms with Crippen LogP contribution in [0.1, 0.15) is 15.9 Å². The molecule has 28 heavy (non-hydrogen) atoms. The van der Waals surface area contributed by atoms with Crippen LogP contribution >= 0.6 is 0 Å². The molecular weight excluding hydrogens is 381 g/mol. The largest absolute Gasteiger partial charge is 0.495 e. The standard InChI is InChI=1S/C21H18FNO4S/c1-13-4-3-5-14(10-13)15-7-9-19(27-2)20(12-15)28(26)23-18-11-16(21(24)25)6-8-17(18)22/h3-12,23H,1-2H3,(H,24,25). The van der Waals surface area contributed by atoms with Crippen molar-refractivity contribution in [2.45, 2.75) is 11.8 Å². The third-order valence-corrected chi connectivity index (χ3v) is 5.25. The smallest absolute Gasteiger partial charge is 0.335 e. The van der Waals surface area contributed by atoms with Gasteiger partial charge >= 0.3 is 5.97 Å². The highest BCUT2D eigenvalue weighted by Crippen LogP contribution is 2.30. The molecule has 0 fully saturated rings. The fourth-order valence-electron chi connectivity index (χ4n) is 2.72. The number of carboxylic acid groups (broad SMARTS) is 1. The summed E-state index contributed by atoms with van der Waals surface area (Å²) in [6, 6.07) is 16.3. The van der Waals surface area contributed by atoms with E-state index >= 15 is 0 Å². The van der Waals surface area contributed by atoms with E-state index in [0.717, 1.165) is 34.9 Å². The second-order valence-corrected chi connectivity index (χ2v) is 7.29. The lowest BCUT2D eigenvalue weighted by atomic mass is 10.0. The van der Waals surface area contributed by atoms with Crippen molar-refractivity contribution in [3.05, 3.63) is 77.6 Å². The first-order valence-electron chi connectivity index (χ1n) is 8.35. The van der Waals surface area contributed by atoms with Crippen molar-refractivity contribution in [1.29, 1.82) is 0 Å². The van der Waals surface area contributed by atoms with Crippen molar-refractivity contribution in [2.75, 3.05) is 11.8 Å². The average molecular weight is 399 g/mol. The topological polar surface area (TPSA) is 75.6 Å². The molecule has 2 N–H and O–H groups in total. The summed E-state index contributed by atoms with van der Waals surface area (Å²) in [5.74, 6) is -1.53. The van der Waals surface area contributed by atoms with Gasteiger partial charge in [0.15, 0.2) is 11.0 Å². The molecule has 0 amide bonds. The van der Waals surface area contributed by atoms with Crippen molar-refractivity contribution < 1.29 is 23.2 Å². The molecule has 0 saturated heterocycles. The molecule has 1 atom stereocenters. The Morgan fingerprint density at radius 1 is 1.07 bits per heavy atom. The van der Waals surface area contributed by atoms with Crippen LogP contribution < -0.4 is 9.46 Å². The number of carbonyl (C=O) groups is 1. The maximum atomic E-state index is 14.1. The predicted octanol–water partition coefficient (Wildman–Crippen LogP) is 4.64. The zero-order chi connectivity index (χ0) is 20.3. The number of aryl methyl sites for hydroxylation is 1. The fourth-order valence-corrected chi connectivity index (χ4v) is 3.75. The van der Waals surface area contributed by atoms with Gasteiger partial charge in [0.1, 0.15) is 16.5 Å². The van der Waals surface area contributed by atoms with Crippen molar-refractivity contribution in [3.8, 4) is 16.9 Å². The average Bonchev–Trinajstić information content (AvgIpc) is 2.68. The fraction of sp³-hybridized carbons (Fsp3) is 0.0952. The molecule has 3 aromatic rings. The number of hydrogen-bond donors (Lipinski definition) is 2. The number of halogens is 1. The lowest BCUT2D eigenvalue weighted by Gasteiger charge is -2.13. The SMILES string of the molecule is COc1ccc(-c2cccc(C)c2)cc1S(=O)Nc1cc(C(=O)O)ccc1F. The summed E-state index contributed by atoms with van der Waals surface area (Å²) in [6.07, 6.45) is 0. The highest BCUT2D eigenvalue weighted by Gasteiger charge is 2.16. The molecule has 3 aromatic carbocycles. The first kappa shape index (κ1) is 19.6. The lowest BCUT2D eigenvalue weighted by molar-refractivity contribution is 0.0697. The number of hydrogen-bond acceptors (Lipinski definition) is 3. The van der Waals surface area contributed by atoms with E-state index in [2.05, 4.69) is 4.72 Å². The normalized spacial score (nSPS) is 11.7. The second-order valence-electron chi connectivity index (χ2n) is 6.11. The summed E-state index contributed by atoms with van der Waals surface area (Å²) >= 11 is 0. The minimum absolute atomic E-state index is 0.110. The van der Waals surface area contributed by atoms with E-state index in [1.54, 1.807) is 12.1 Å². The van der Waals surface area contributed by atoms with Gasteiger partial charge in [-0.1, -0.05) is 35.9 Å². The zero-order valence-electron chi connectivity index (χ0n) is 15.2.